The molecule has 0 unspecified atom stereocenters. The third-order valence-electron chi connectivity index (χ3n) is 5.15. The van der Waals surface area contributed by atoms with E-state index in [-0.39, 0.29) is 30.6 Å². The van der Waals surface area contributed by atoms with E-state index in [0.717, 1.165) is 0 Å². The number of aliphatic carboxylic acids is 1. The average Bonchev–Trinajstić information content (AvgIpc) is 2.98. The number of carboxylic acid groups (broad SMARTS) is 1. The van der Waals surface area contributed by atoms with Gasteiger partial charge in [-0.2, -0.15) is 0 Å². The Balaban J connectivity index is 1.43. The Morgan fingerprint density at radius 1 is 0.935 bits per heavy atom. The molecule has 3 rings (SSSR count). The number of rotatable bonds is 10. The zero-order valence-electron chi connectivity index (χ0n) is 16.8. The van der Waals surface area contributed by atoms with Gasteiger partial charge in [-0.25, -0.2) is 0 Å². The molecule has 1 atom stereocenters. The van der Waals surface area contributed by atoms with Crippen molar-refractivity contribution in [2.45, 2.75) is 38.1 Å². The largest absolute Gasteiger partial charge is 0.481 e. The van der Waals surface area contributed by atoms with E-state index >= 15 is 0 Å². The van der Waals surface area contributed by atoms with Gasteiger partial charge in [-0.1, -0.05) is 42.3 Å². The molecular formula is C23H23ClN2O5. The summed E-state index contributed by atoms with van der Waals surface area (Å²) >= 11 is 5.87. The van der Waals surface area contributed by atoms with E-state index in [1.165, 1.54) is 4.90 Å². The first-order chi connectivity index (χ1) is 14.9. The van der Waals surface area contributed by atoms with Crippen LogP contribution in [0, 0.1) is 0 Å². The highest BCUT2D eigenvalue weighted by molar-refractivity contribution is 6.30. The highest BCUT2D eigenvalue weighted by Crippen LogP contribution is 2.23. The summed E-state index contributed by atoms with van der Waals surface area (Å²) in [7, 11) is 0. The predicted molar refractivity (Wildman–Crippen MR) is 115 cm³/mol. The Kier molecular flexibility index (Phi) is 7.41. The van der Waals surface area contributed by atoms with Crippen LogP contribution in [-0.4, -0.2) is 40.2 Å². The molecular weight excluding hydrogens is 420 g/mol. The number of fused-ring (bicyclic) bond motifs is 1. The van der Waals surface area contributed by atoms with Crippen LogP contribution in [-0.2, 0) is 9.59 Å². The summed E-state index contributed by atoms with van der Waals surface area (Å²) in [6.07, 6.45) is 1.81. The molecule has 0 saturated heterocycles. The Morgan fingerprint density at radius 2 is 1.55 bits per heavy atom. The number of unbranched alkanes of at least 4 members (excludes halogenated alkanes) is 2. The van der Waals surface area contributed by atoms with Crippen molar-refractivity contribution in [3.63, 3.8) is 0 Å². The second-order valence-electron chi connectivity index (χ2n) is 7.39. The molecule has 0 spiro atoms. The van der Waals surface area contributed by atoms with Crippen LogP contribution >= 0.6 is 11.6 Å². The van der Waals surface area contributed by atoms with E-state index in [4.69, 9.17) is 16.7 Å². The molecule has 0 aliphatic carbocycles. The molecule has 1 aliphatic rings. The van der Waals surface area contributed by atoms with Crippen molar-refractivity contribution >= 4 is 35.3 Å². The zero-order chi connectivity index (χ0) is 22.4. The van der Waals surface area contributed by atoms with Crippen molar-refractivity contribution in [1.82, 2.24) is 10.2 Å². The maximum absolute atomic E-state index is 12.3. The number of carbonyl (C=O) groups is 4. The minimum Gasteiger partial charge on any atom is -0.481 e. The highest BCUT2D eigenvalue weighted by atomic mass is 35.5. The maximum atomic E-state index is 12.3. The number of carboxylic acids is 1. The van der Waals surface area contributed by atoms with Crippen LogP contribution in [0.1, 0.15) is 64.4 Å². The third kappa shape index (κ3) is 5.70. The van der Waals surface area contributed by atoms with Crippen molar-refractivity contribution in [3.05, 3.63) is 70.2 Å². The molecule has 2 N–H and O–H groups in total. The number of amides is 3. The van der Waals surface area contributed by atoms with Crippen molar-refractivity contribution < 1.29 is 24.3 Å². The lowest BCUT2D eigenvalue weighted by molar-refractivity contribution is -0.137. The quantitative estimate of drug-likeness (QED) is 0.430. The fraction of sp³-hybridized carbons (Fsp3) is 0.304. The fourth-order valence-corrected chi connectivity index (χ4v) is 3.69. The molecule has 1 heterocycles. The first-order valence-electron chi connectivity index (χ1n) is 10.1. The van der Waals surface area contributed by atoms with Gasteiger partial charge in [0.1, 0.15) is 0 Å². The second-order valence-corrected chi connectivity index (χ2v) is 7.82. The van der Waals surface area contributed by atoms with E-state index in [1.54, 1.807) is 48.5 Å². The fourth-order valence-electron chi connectivity index (χ4n) is 3.56. The van der Waals surface area contributed by atoms with Gasteiger partial charge in [-0.3, -0.25) is 24.1 Å². The smallest absolute Gasteiger partial charge is 0.305 e. The second kappa shape index (κ2) is 10.2. The predicted octanol–water partition coefficient (Wildman–Crippen LogP) is 3.83. The van der Waals surface area contributed by atoms with Gasteiger partial charge in [-0.15, -0.1) is 0 Å². The number of carbonyl (C=O) groups excluding carboxylic acids is 3. The lowest BCUT2D eigenvalue weighted by Gasteiger charge is -2.18. The summed E-state index contributed by atoms with van der Waals surface area (Å²) in [4.78, 5) is 49.4. The molecule has 1 aliphatic heterocycles. The summed E-state index contributed by atoms with van der Waals surface area (Å²) in [5.41, 5.74) is 1.53. The van der Waals surface area contributed by atoms with Gasteiger partial charge in [0.2, 0.25) is 5.91 Å². The van der Waals surface area contributed by atoms with Crippen molar-refractivity contribution in [2.75, 3.05) is 6.54 Å². The van der Waals surface area contributed by atoms with Crippen LogP contribution in [0.5, 0.6) is 0 Å². The molecule has 3 amide bonds. The summed E-state index contributed by atoms with van der Waals surface area (Å²) < 4.78 is 0. The summed E-state index contributed by atoms with van der Waals surface area (Å²) in [6.45, 7) is 0.306. The number of nitrogens with one attached hydrogen (secondary N) is 1. The molecule has 0 radical (unpaired) electrons. The molecule has 2 aromatic rings. The van der Waals surface area contributed by atoms with E-state index in [1.807, 2.05) is 0 Å². The number of halogens is 1. The summed E-state index contributed by atoms with van der Waals surface area (Å²) in [6, 6.07) is 12.8. The lowest BCUT2D eigenvalue weighted by atomic mass is 10.0. The molecule has 0 saturated carbocycles. The van der Waals surface area contributed by atoms with E-state index < -0.39 is 12.0 Å². The molecule has 0 aromatic heterocycles. The molecule has 7 nitrogen and oxygen atoms in total. The Bertz CT molecular complexity index is 955. The first kappa shape index (κ1) is 22.5. The number of imide groups is 1. The van der Waals surface area contributed by atoms with Gasteiger partial charge in [0, 0.05) is 18.0 Å². The minimum absolute atomic E-state index is 0.228. The molecule has 31 heavy (non-hydrogen) atoms. The molecule has 2 aromatic carbocycles. The SMILES string of the molecule is O=C(O)C[C@H](NC(=O)CCCCCN1C(=O)c2ccccc2C1=O)c1ccc(Cl)cc1. The maximum Gasteiger partial charge on any atom is 0.305 e. The van der Waals surface area contributed by atoms with Crippen molar-refractivity contribution in [1.29, 1.82) is 0 Å². The topological polar surface area (TPSA) is 104 Å². The molecule has 0 fully saturated rings. The van der Waals surface area contributed by atoms with Crippen LogP contribution in [0.15, 0.2) is 48.5 Å². The standard InChI is InChI=1S/C23H23ClN2O5/c24-16-11-9-15(10-12-16)19(14-21(28)29)25-20(27)8-2-1-5-13-26-22(30)17-6-3-4-7-18(17)23(26)31/h3-4,6-7,9-12,19H,1-2,5,8,13-14H2,(H,25,27)(H,28,29)/t19-/m0/s1. The molecule has 0 bridgehead atoms. The van der Waals surface area contributed by atoms with Gasteiger partial charge in [0.25, 0.3) is 11.8 Å². The van der Waals surface area contributed by atoms with E-state index in [9.17, 15) is 19.2 Å². The third-order valence-corrected chi connectivity index (χ3v) is 5.40. The summed E-state index contributed by atoms with van der Waals surface area (Å²) in [5.74, 6) is -1.82. The van der Waals surface area contributed by atoms with Gasteiger partial charge in [-0.05, 0) is 42.7 Å². The van der Waals surface area contributed by atoms with Gasteiger partial charge < -0.3 is 10.4 Å². The average molecular weight is 443 g/mol. The number of nitrogens with zero attached hydrogens (tertiary/aromatic N) is 1. The van der Waals surface area contributed by atoms with Crippen LogP contribution in [0.2, 0.25) is 5.02 Å². The van der Waals surface area contributed by atoms with Crippen LogP contribution in [0.25, 0.3) is 0 Å². The minimum atomic E-state index is -1.01. The Morgan fingerprint density at radius 3 is 2.13 bits per heavy atom. The van der Waals surface area contributed by atoms with Gasteiger partial charge >= 0.3 is 5.97 Å². The lowest BCUT2D eigenvalue weighted by Crippen LogP contribution is -2.31. The van der Waals surface area contributed by atoms with Crippen LogP contribution in [0.4, 0.5) is 0 Å². The zero-order valence-corrected chi connectivity index (χ0v) is 17.6. The van der Waals surface area contributed by atoms with Crippen LogP contribution in [0.3, 0.4) is 0 Å². The van der Waals surface area contributed by atoms with Gasteiger partial charge in [0.15, 0.2) is 0 Å². The first-order valence-corrected chi connectivity index (χ1v) is 10.5. The Hall–Kier alpha value is -3.19. The number of benzene rings is 2. The number of hydrogen-bond donors (Lipinski definition) is 2. The van der Waals surface area contributed by atoms with E-state index in [2.05, 4.69) is 5.32 Å². The summed E-state index contributed by atoms with van der Waals surface area (Å²) in [5, 5.41) is 12.4. The normalized spacial score (nSPS) is 13.8. The van der Waals surface area contributed by atoms with Crippen molar-refractivity contribution in [3.8, 4) is 0 Å². The number of hydrogen-bond acceptors (Lipinski definition) is 4. The monoisotopic (exact) mass is 442 g/mol. The van der Waals surface area contributed by atoms with Gasteiger partial charge in [0.05, 0.1) is 23.6 Å². The highest BCUT2D eigenvalue weighted by Gasteiger charge is 2.34. The van der Waals surface area contributed by atoms with Crippen molar-refractivity contribution in [2.24, 2.45) is 0 Å². The van der Waals surface area contributed by atoms with Crippen LogP contribution < -0.4 is 5.32 Å². The van der Waals surface area contributed by atoms with E-state index in [0.29, 0.717) is 47.5 Å². The molecule has 162 valence electrons. The molecule has 8 heteroatoms. The Labute approximate surface area is 185 Å².